The number of rotatable bonds is 6. The minimum absolute atomic E-state index is 0.162. The highest BCUT2D eigenvalue weighted by atomic mass is 19.4. The van der Waals surface area contributed by atoms with Crippen molar-refractivity contribution in [2.75, 3.05) is 0 Å². The van der Waals surface area contributed by atoms with Gasteiger partial charge in [0.05, 0.1) is 11.8 Å². The van der Waals surface area contributed by atoms with Crippen LogP contribution >= 0.6 is 0 Å². The first kappa shape index (κ1) is 18.2. The van der Waals surface area contributed by atoms with Crippen molar-refractivity contribution in [3.8, 4) is 0 Å². The number of carbonyl (C=O) groups excluding carboxylic acids is 1. The third kappa shape index (κ3) is 4.46. The van der Waals surface area contributed by atoms with E-state index in [4.69, 9.17) is 5.11 Å². The van der Waals surface area contributed by atoms with Crippen molar-refractivity contribution in [1.29, 1.82) is 0 Å². The lowest BCUT2D eigenvalue weighted by Gasteiger charge is -2.41. The van der Waals surface area contributed by atoms with E-state index >= 15 is 0 Å². The summed E-state index contributed by atoms with van der Waals surface area (Å²) in [6.07, 6.45) is -4.62. The van der Waals surface area contributed by atoms with Gasteiger partial charge >= 0.3 is 12.1 Å². The molecule has 0 radical (unpaired) electrons. The van der Waals surface area contributed by atoms with E-state index in [1.165, 1.54) is 18.2 Å². The van der Waals surface area contributed by atoms with Crippen LogP contribution in [0.15, 0.2) is 24.3 Å². The van der Waals surface area contributed by atoms with Crippen LogP contribution in [0.1, 0.15) is 31.2 Å². The second-order valence-corrected chi connectivity index (χ2v) is 6.12. The summed E-state index contributed by atoms with van der Waals surface area (Å²) in [6, 6.07) is 3.60. The third-order valence-corrected chi connectivity index (χ3v) is 4.26. The van der Waals surface area contributed by atoms with E-state index in [9.17, 15) is 27.2 Å². The summed E-state index contributed by atoms with van der Waals surface area (Å²) in [5, 5.41) is 10.9. The molecule has 2 N–H and O–H groups in total. The van der Waals surface area contributed by atoms with Gasteiger partial charge in [0.1, 0.15) is 11.9 Å². The van der Waals surface area contributed by atoms with Gasteiger partial charge in [0, 0.05) is 0 Å². The maximum Gasteiger partial charge on any atom is 0.391 e. The maximum absolute atomic E-state index is 13.3. The van der Waals surface area contributed by atoms with E-state index in [0.717, 1.165) is 0 Å². The molecule has 0 heterocycles. The molecule has 1 unspecified atom stereocenters. The molecule has 1 aliphatic rings. The molecule has 0 spiro atoms. The van der Waals surface area contributed by atoms with E-state index < -0.39 is 41.7 Å². The van der Waals surface area contributed by atoms with Crippen molar-refractivity contribution < 1.29 is 32.3 Å². The molecule has 4 nitrogen and oxygen atoms in total. The Hall–Kier alpha value is -2.12. The Kier molecular flexibility index (Phi) is 5.15. The lowest BCUT2D eigenvalue weighted by Crippen LogP contribution is -2.53. The highest BCUT2D eigenvalue weighted by Crippen LogP contribution is 2.44. The first-order chi connectivity index (χ1) is 11.1. The number of hydrogen-bond acceptors (Lipinski definition) is 2. The Morgan fingerprint density at radius 2 is 1.96 bits per heavy atom. The summed E-state index contributed by atoms with van der Waals surface area (Å²) in [4.78, 5) is 23.4. The second-order valence-electron chi connectivity index (χ2n) is 6.12. The van der Waals surface area contributed by atoms with Gasteiger partial charge in [-0.25, -0.2) is 9.18 Å². The number of aliphatic carboxylic acids is 1. The molecule has 2 rings (SSSR count). The van der Waals surface area contributed by atoms with Crippen molar-refractivity contribution in [3.05, 3.63) is 35.6 Å². The molecule has 1 aromatic carbocycles. The van der Waals surface area contributed by atoms with Crippen LogP contribution in [0.3, 0.4) is 0 Å². The van der Waals surface area contributed by atoms with Gasteiger partial charge in [-0.15, -0.1) is 0 Å². The zero-order valence-electron chi connectivity index (χ0n) is 12.7. The van der Waals surface area contributed by atoms with Gasteiger partial charge in [0.15, 0.2) is 0 Å². The van der Waals surface area contributed by atoms with Gasteiger partial charge in [-0.3, -0.25) is 4.79 Å². The smallest absolute Gasteiger partial charge is 0.391 e. The summed E-state index contributed by atoms with van der Waals surface area (Å²) in [5.74, 6) is -2.93. The molecule has 1 aromatic rings. The molecule has 1 atom stereocenters. The monoisotopic (exact) mass is 347 g/mol. The fourth-order valence-corrected chi connectivity index (χ4v) is 2.87. The number of nitrogens with one attached hydrogen (secondary N) is 1. The van der Waals surface area contributed by atoms with Gasteiger partial charge in [-0.05, 0) is 37.0 Å². The van der Waals surface area contributed by atoms with E-state index in [0.29, 0.717) is 24.8 Å². The predicted octanol–water partition coefficient (Wildman–Crippen LogP) is 3.06. The van der Waals surface area contributed by atoms with Gasteiger partial charge in [0.2, 0.25) is 5.91 Å². The van der Waals surface area contributed by atoms with Crippen LogP contribution in [-0.2, 0) is 16.0 Å². The van der Waals surface area contributed by atoms with Crippen LogP contribution in [0.25, 0.3) is 0 Å². The Morgan fingerprint density at radius 1 is 1.29 bits per heavy atom. The van der Waals surface area contributed by atoms with Gasteiger partial charge in [0.25, 0.3) is 0 Å². The number of halogens is 4. The van der Waals surface area contributed by atoms with Crippen molar-refractivity contribution in [3.63, 3.8) is 0 Å². The minimum Gasteiger partial charge on any atom is -0.480 e. The van der Waals surface area contributed by atoms with E-state index in [1.807, 2.05) is 5.32 Å². The first-order valence-corrected chi connectivity index (χ1v) is 7.46. The predicted molar refractivity (Wildman–Crippen MR) is 76.6 cm³/mol. The van der Waals surface area contributed by atoms with E-state index in [2.05, 4.69) is 0 Å². The fraction of sp³-hybridized carbons (Fsp3) is 0.500. The summed E-state index contributed by atoms with van der Waals surface area (Å²) >= 11 is 0. The summed E-state index contributed by atoms with van der Waals surface area (Å²) in [7, 11) is 0. The van der Waals surface area contributed by atoms with E-state index in [-0.39, 0.29) is 6.42 Å². The molecule has 0 aromatic heterocycles. The highest BCUT2D eigenvalue weighted by molar-refractivity contribution is 5.88. The van der Waals surface area contributed by atoms with Crippen molar-refractivity contribution in [2.45, 2.75) is 44.3 Å². The SMILES string of the molecule is O=C(O)C(CC(F)(F)F)NC(=O)C1(Cc2cccc(F)c2)CCC1. The lowest BCUT2D eigenvalue weighted by molar-refractivity contribution is -0.162. The molecule has 0 aliphatic heterocycles. The van der Waals surface area contributed by atoms with Crippen LogP contribution in [0.5, 0.6) is 0 Å². The molecule has 1 fully saturated rings. The van der Waals surface area contributed by atoms with Crippen molar-refractivity contribution in [2.24, 2.45) is 5.41 Å². The maximum atomic E-state index is 13.3. The largest absolute Gasteiger partial charge is 0.480 e. The number of amides is 1. The standard InChI is InChI=1S/C16H17F4NO3/c17-11-4-1-3-10(7-11)8-15(5-2-6-15)14(24)21-12(13(22)23)9-16(18,19)20/h1,3-4,7,12H,2,5-6,8-9H2,(H,21,24)(H,22,23). The van der Waals surface area contributed by atoms with Crippen LogP contribution < -0.4 is 5.32 Å². The number of benzene rings is 1. The molecule has 0 bridgehead atoms. The van der Waals surface area contributed by atoms with E-state index in [1.54, 1.807) is 6.07 Å². The normalized spacial score (nSPS) is 17.7. The molecule has 132 valence electrons. The van der Waals surface area contributed by atoms with Crippen molar-refractivity contribution in [1.82, 2.24) is 5.32 Å². The van der Waals surface area contributed by atoms with Gasteiger partial charge < -0.3 is 10.4 Å². The Balaban J connectivity index is 2.11. The minimum atomic E-state index is -4.70. The number of carboxylic acid groups (broad SMARTS) is 1. The van der Waals surface area contributed by atoms with Crippen molar-refractivity contribution >= 4 is 11.9 Å². The number of alkyl halides is 3. The van der Waals surface area contributed by atoms with Crippen LogP contribution in [0.2, 0.25) is 0 Å². The Morgan fingerprint density at radius 3 is 2.42 bits per heavy atom. The average Bonchev–Trinajstić information content (AvgIpc) is 2.40. The molecular formula is C16H17F4NO3. The third-order valence-electron chi connectivity index (χ3n) is 4.26. The molecule has 1 saturated carbocycles. The molecule has 0 saturated heterocycles. The second kappa shape index (κ2) is 6.78. The topological polar surface area (TPSA) is 66.4 Å². The van der Waals surface area contributed by atoms with Crippen LogP contribution in [-0.4, -0.2) is 29.2 Å². The van der Waals surface area contributed by atoms with Gasteiger partial charge in [-0.1, -0.05) is 18.6 Å². The Labute approximate surface area is 135 Å². The average molecular weight is 347 g/mol. The quantitative estimate of drug-likeness (QED) is 0.778. The Bertz CT molecular complexity index is 626. The summed E-state index contributed by atoms with van der Waals surface area (Å²) < 4.78 is 50.6. The zero-order valence-corrected chi connectivity index (χ0v) is 12.7. The molecule has 24 heavy (non-hydrogen) atoms. The zero-order chi connectivity index (χ0) is 18.0. The van der Waals surface area contributed by atoms with Crippen LogP contribution in [0, 0.1) is 11.2 Å². The fourth-order valence-electron chi connectivity index (χ4n) is 2.87. The molecule has 8 heteroatoms. The molecule has 1 amide bonds. The number of carboxylic acids is 1. The number of carbonyl (C=O) groups is 2. The molecule has 1 aliphatic carbocycles. The summed E-state index contributed by atoms with van der Waals surface area (Å²) in [5.41, 5.74) is -0.430. The molecular weight excluding hydrogens is 330 g/mol. The highest BCUT2D eigenvalue weighted by Gasteiger charge is 2.46. The van der Waals surface area contributed by atoms with Crippen LogP contribution in [0.4, 0.5) is 17.6 Å². The number of hydrogen-bond donors (Lipinski definition) is 2. The van der Waals surface area contributed by atoms with Gasteiger partial charge in [-0.2, -0.15) is 13.2 Å². The lowest BCUT2D eigenvalue weighted by atomic mass is 9.64. The first-order valence-electron chi connectivity index (χ1n) is 7.46. The summed E-state index contributed by atoms with van der Waals surface area (Å²) in [6.45, 7) is 0.